The van der Waals surface area contributed by atoms with Gasteiger partial charge >= 0.3 is 0 Å². The molecule has 0 unspecified atom stereocenters. The van der Waals surface area contributed by atoms with Crippen molar-refractivity contribution in [1.29, 1.82) is 0 Å². The Balaban J connectivity index is 2.45. The molecule has 4 nitrogen and oxygen atoms in total. The van der Waals surface area contributed by atoms with Crippen molar-refractivity contribution < 1.29 is 4.42 Å². The molecule has 0 aliphatic carbocycles. The van der Waals surface area contributed by atoms with Crippen molar-refractivity contribution >= 4 is 6.01 Å². The molecule has 0 bridgehead atoms. The Morgan fingerprint density at radius 2 is 2.45 bits per heavy atom. The lowest BCUT2D eigenvalue weighted by atomic mass is 10.4. The van der Waals surface area contributed by atoms with Gasteiger partial charge < -0.3 is 15.1 Å². The third-order valence-electron chi connectivity index (χ3n) is 1.39. The van der Waals surface area contributed by atoms with Gasteiger partial charge in [-0.2, -0.15) is 0 Å². The fraction of sp³-hybridized carbons (Fsp3) is 0. The molecule has 0 aliphatic heterocycles. The van der Waals surface area contributed by atoms with Gasteiger partial charge in [-0.3, -0.25) is 0 Å². The molecule has 0 atom stereocenters. The van der Waals surface area contributed by atoms with E-state index in [2.05, 4.69) is 9.97 Å². The summed E-state index contributed by atoms with van der Waals surface area (Å²) in [5.41, 5.74) is 6.18. The molecule has 0 saturated carbocycles. The highest BCUT2D eigenvalue weighted by molar-refractivity contribution is 5.51. The Morgan fingerprint density at radius 3 is 3.00 bits per heavy atom. The summed E-state index contributed by atoms with van der Waals surface area (Å²) in [6.07, 6.45) is 3.40. The number of nitrogens with one attached hydrogen (secondary N) is 1. The summed E-state index contributed by atoms with van der Waals surface area (Å²) in [5, 5.41) is 0. The van der Waals surface area contributed by atoms with Gasteiger partial charge in [0.15, 0.2) is 5.76 Å². The predicted octanol–water partition coefficient (Wildman–Crippen LogP) is 1.25. The van der Waals surface area contributed by atoms with E-state index in [1.165, 1.54) is 0 Å². The second-order valence-electron chi connectivity index (χ2n) is 2.15. The quantitative estimate of drug-likeness (QED) is 0.641. The third-order valence-corrected chi connectivity index (χ3v) is 1.39. The van der Waals surface area contributed by atoms with Crippen LogP contribution in [0.15, 0.2) is 28.9 Å². The monoisotopic (exact) mass is 149 g/mol. The third kappa shape index (κ3) is 0.980. The molecule has 0 amide bonds. The van der Waals surface area contributed by atoms with Gasteiger partial charge in [0.05, 0.1) is 11.9 Å². The first-order chi connectivity index (χ1) is 5.36. The zero-order chi connectivity index (χ0) is 7.68. The lowest BCUT2D eigenvalue weighted by Crippen LogP contribution is -1.79. The number of aromatic amines is 1. The average molecular weight is 149 g/mol. The highest BCUT2D eigenvalue weighted by Gasteiger charge is 2.02. The SMILES string of the molecule is Nc1ncc(-c2ccc[nH]2)o1. The van der Waals surface area contributed by atoms with Crippen LogP contribution in [0, 0.1) is 0 Å². The van der Waals surface area contributed by atoms with E-state index in [1.54, 1.807) is 6.20 Å². The van der Waals surface area contributed by atoms with E-state index in [9.17, 15) is 0 Å². The Bertz CT molecular complexity index is 336. The molecule has 0 spiro atoms. The minimum absolute atomic E-state index is 0.189. The molecular formula is C7H7N3O. The van der Waals surface area contributed by atoms with Crippen LogP contribution >= 0.6 is 0 Å². The fourth-order valence-corrected chi connectivity index (χ4v) is 0.896. The molecule has 0 saturated heterocycles. The number of nitrogen functional groups attached to an aromatic ring is 1. The van der Waals surface area contributed by atoms with Gasteiger partial charge in [-0.1, -0.05) is 0 Å². The second-order valence-corrected chi connectivity index (χ2v) is 2.15. The van der Waals surface area contributed by atoms with Crippen molar-refractivity contribution in [3.8, 4) is 11.5 Å². The van der Waals surface area contributed by atoms with E-state index in [4.69, 9.17) is 10.2 Å². The molecule has 56 valence electrons. The summed E-state index contributed by atoms with van der Waals surface area (Å²) in [6.45, 7) is 0. The number of rotatable bonds is 1. The molecule has 2 heterocycles. The van der Waals surface area contributed by atoms with Crippen molar-refractivity contribution in [1.82, 2.24) is 9.97 Å². The van der Waals surface area contributed by atoms with Gasteiger partial charge in [0, 0.05) is 6.20 Å². The van der Waals surface area contributed by atoms with Crippen LogP contribution in [-0.4, -0.2) is 9.97 Å². The molecular weight excluding hydrogens is 142 g/mol. The summed E-state index contributed by atoms with van der Waals surface area (Å²) in [4.78, 5) is 6.74. The van der Waals surface area contributed by atoms with E-state index in [-0.39, 0.29) is 6.01 Å². The number of nitrogens with zero attached hydrogens (tertiary/aromatic N) is 1. The Hall–Kier alpha value is -1.71. The van der Waals surface area contributed by atoms with Crippen molar-refractivity contribution in [2.75, 3.05) is 5.73 Å². The van der Waals surface area contributed by atoms with Crippen LogP contribution in [0.1, 0.15) is 0 Å². The lowest BCUT2D eigenvalue weighted by molar-refractivity contribution is 0.593. The highest BCUT2D eigenvalue weighted by atomic mass is 16.4. The topological polar surface area (TPSA) is 67.8 Å². The Kier molecular flexibility index (Phi) is 1.18. The van der Waals surface area contributed by atoms with Gasteiger partial charge in [0.25, 0.3) is 6.01 Å². The van der Waals surface area contributed by atoms with E-state index in [1.807, 2.05) is 18.3 Å². The highest BCUT2D eigenvalue weighted by Crippen LogP contribution is 2.18. The molecule has 0 radical (unpaired) electrons. The largest absolute Gasteiger partial charge is 0.422 e. The van der Waals surface area contributed by atoms with E-state index >= 15 is 0 Å². The summed E-state index contributed by atoms with van der Waals surface area (Å²) in [6, 6.07) is 3.96. The van der Waals surface area contributed by atoms with Gasteiger partial charge in [-0.25, -0.2) is 4.98 Å². The van der Waals surface area contributed by atoms with Gasteiger partial charge in [0.1, 0.15) is 0 Å². The number of aromatic nitrogens is 2. The van der Waals surface area contributed by atoms with Crippen LogP contribution in [0.2, 0.25) is 0 Å². The normalized spacial score (nSPS) is 10.2. The molecule has 2 aromatic heterocycles. The molecule has 4 heteroatoms. The van der Waals surface area contributed by atoms with Crippen LogP contribution in [-0.2, 0) is 0 Å². The van der Waals surface area contributed by atoms with Gasteiger partial charge in [-0.05, 0) is 12.1 Å². The van der Waals surface area contributed by atoms with E-state index in [0.29, 0.717) is 5.76 Å². The Morgan fingerprint density at radius 1 is 1.55 bits per heavy atom. The molecule has 0 aromatic carbocycles. The maximum atomic E-state index is 5.29. The van der Waals surface area contributed by atoms with Crippen LogP contribution in [0.25, 0.3) is 11.5 Å². The van der Waals surface area contributed by atoms with Gasteiger partial charge in [-0.15, -0.1) is 0 Å². The van der Waals surface area contributed by atoms with Crippen LogP contribution in [0.5, 0.6) is 0 Å². The molecule has 0 aliphatic rings. The first kappa shape index (κ1) is 6.03. The number of hydrogen-bond acceptors (Lipinski definition) is 3. The fourth-order valence-electron chi connectivity index (χ4n) is 0.896. The number of oxazole rings is 1. The minimum Gasteiger partial charge on any atom is -0.422 e. The minimum atomic E-state index is 0.189. The van der Waals surface area contributed by atoms with Crippen molar-refractivity contribution in [2.45, 2.75) is 0 Å². The number of H-pyrrole nitrogens is 1. The maximum Gasteiger partial charge on any atom is 0.292 e. The number of hydrogen-bond donors (Lipinski definition) is 2. The first-order valence-corrected chi connectivity index (χ1v) is 3.21. The average Bonchev–Trinajstić information content (AvgIpc) is 2.55. The molecule has 3 N–H and O–H groups in total. The van der Waals surface area contributed by atoms with E-state index in [0.717, 1.165) is 5.69 Å². The second kappa shape index (κ2) is 2.16. The molecule has 11 heavy (non-hydrogen) atoms. The van der Waals surface area contributed by atoms with Crippen molar-refractivity contribution in [2.24, 2.45) is 0 Å². The zero-order valence-corrected chi connectivity index (χ0v) is 5.74. The number of anilines is 1. The standard InChI is InChI=1S/C7H7N3O/c8-7-10-4-6(11-7)5-2-1-3-9-5/h1-4,9H,(H2,8,10). The smallest absolute Gasteiger partial charge is 0.292 e. The summed E-state index contributed by atoms with van der Waals surface area (Å²) < 4.78 is 5.06. The van der Waals surface area contributed by atoms with Crippen LogP contribution in [0.4, 0.5) is 6.01 Å². The summed E-state index contributed by atoms with van der Waals surface area (Å²) in [5.74, 6) is 0.660. The zero-order valence-electron chi connectivity index (χ0n) is 5.74. The Labute approximate surface area is 63.1 Å². The van der Waals surface area contributed by atoms with Crippen LogP contribution < -0.4 is 5.73 Å². The summed E-state index contributed by atoms with van der Waals surface area (Å²) >= 11 is 0. The lowest BCUT2D eigenvalue weighted by Gasteiger charge is -1.86. The summed E-state index contributed by atoms with van der Waals surface area (Å²) in [7, 11) is 0. The van der Waals surface area contributed by atoms with Gasteiger partial charge in [0.2, 0.25) is 0 Å². The molecule has 0 fully saturated rings. The number of nitrogens with two attached hydrogens (primary N) is 1. The van der Waals surface area contributed by atoms with Crippen molar-refractivity contribution in [3.05, 3.63) is 24.5 Å². The first-order valence-electron chi connectivity index (χ1n) is 3.21. The predicted molar refractivity (Wildman–Crippen MR) is 40.7 cm³/mol. The van der Waals surface area contributed by atoms with E-state index < -0.39 is 0 Å². The molecule has 2 aromatic rings. The van der Waals surface area contributed by atoms with Crippen LogP contribution in [0.3, 0.4) is 0 Å². The maximum absolute atomic E-state index is 5.29. The van der Waals surface area contributed by atoms with Crippen molar-refractivity contribution in [3.63, 3.8) is 0 Å². The molecule has 2 rings (SSSR count).